The Kier molecular flexibility index (Phi) is 7.16. The third-order valence-corrected chi connectivity index (χ3v) is 4.00. The number of carbonyl (C=O) groups excluding carboxylic acids is 1. The Bertz CT molecular complexity index is 712. The first-order valence-corrected chi connectivity index (χ1v) is 8.51. The van der Waals surface area contributed by atoms with Crippen LogP contribution in [-0.2, 0) is 4.79 Å². The van der Waals surface area contributed by atoms with Crippen LogP contribution in [0.2, 0.25) is 10.0 Å². The van der Waals surface area contributed by atoms with Gasteiger partial charge in [-0.2, -0.15) is 0 Å². The van der Waals surface area contributed by atoms with Crippen molar-refractivity contribution in [2.24, 2.45) is 0 Å². The summed E-state index contributed by atoms with van der Waals surface area (Å²) in [5.41, 5.74) is 1.51. The Balaban J connectivity index is 1.89. The molecular formula is C19H19Cl2NO2. The first kappa shape index (κ1) is 18.4. The molecule has 0 saturated heterocycles. The van der Waals surface area contributed by atoms with Crippen LogP contribution in [0.15, 0.2) is 48.5 Å². The molecule has 3 nitrogen and oxygen atoms in total. The van der Waals surface area contributed by atoms with E-state index in [1.807, 2.05) is 24.3 Å². The molecule has 2 aromatic rings. The van der Waals surface area contributed by atoms with E-state index < -0.39 is 0 Å². The van der Waals surface area contributed by atoms with Crippen molar-refractivity contribution in [1.29, 1.82) is 0 Å². The normalized spacial score (nSPS) is 10.8. The number of rotatable bonds is 7. The Morgan fingerprint density at radius 1 is 1.12 bits per heavy atom. The molecule has 0 unspecified atom stereocenters. The highest BCUT2D eigenvalue weighted by Crippen LogP contribution is 2.23. The Morgan fingerprint density at radius 2 is 1.88 bits per heavy atom. The minimum atomic E-state index is -0.222. The zero-order valence-corrected chi connectivity index (χ0v) is 14.9. The van der Waals surface area contributed by atoms with Crippen molar-refractivity contribution in [3.63, 3.8) is 0 Å². The monoisotopic (exact) mass is 363 g/mol. The van der Waals surface area contributed by atoms with Gasteiger partial charge >= 0.3 is 0 Å². The van der Waals surface area contributed by atoms with Gasteiger partial charge in [-0.15, -0.1) is 0 Å². The van der Waals surface area contributed by atoms with E-state index >= 15 is 0 Å². The maximum Gasteiger partial charge on any atom is 0.248 e. The average molecular weight is 364 g/mol. The molecule has 1 amide bonds. The van der Waals surface area contributed by atoms with E-state index in [2.05, 4.69) is 12.2 Å². The van der Waals surface area contributed by atoms with Gasteiger partial charge < -0.3 is 10.1 Å². The second kappa shape index (κ2) is 9.36. The van der Waals surface area contributed by atoms with Gasteiger partial charge in [0.25, 0.3) is 0 Å². The lowest BCUT2D eigenvalue weighted by Gasteiger charge is -2.07. The molecule has 2 rings (SSSR count). The number of benzene rings is 2. The molecule has 1 N–H and O–H groups in total. The fourth-order valence-corrected chi connectivity index (χ4v) is 2.25. The molecule has 0 aliphatic heterocycles. The second-order valence-corrected chi connectivity index (χ2v) is 6.04. The van der Waals surface area contributed by atoms with Gasteiger partial charge in [0.05, 0.1) is 16.7 Å². The summed E-state index contributed by atoms with van der Waals surface area (Å²) >= 11 is 11.8. The number of hydrogen-bond donors (Lipinski definition) is 1. The minimum absolute atomic E-state index is 0.222. The lowest BCUT2D eigenvalue weighted by Crippen LogP contribution is -2.07. The first-order valence-electron chi connectivity index (χ1n) is 7.75. The molecule has 0 aliphatic carbocycles. The van der Waals surface area contributed by atoms with Gasteiger partial charge in [-0.1, -0.05) is 42.6 Å². The lowest BCUT2D eigenvalue weighted by atomic mass is 10.2. The maximum absolute atomic E-state index is 11.9. The zero-order valence-electron chi connectivity index (χ0n) is 13.4. The second-order valence-electron chi connectivity index (χ2n) is 5.22. The third-order valence-electron chi connectivity index (χ3n) is 3.26. The average Bonchev–Trinajstić information content (AvgIpc) is 2.58. The summed E-state index contributed by atoms with van der Waals surface area (Å²) in [6.07, 6.45) is 5.25. The van der Waals surface area contributed by atoms with Crippen LogP contribution in [0.4, 0.5) is 5.69 Å². The third kappa shape index (κ3) is 5.91. The molecule has 2 aromatic carbocycles. The minimum Gasteiger partial charge on any atom is -0.494 e. The highest BCUT2D eigenvalue weighted by Gasteiger charge is 2.01. The summed E-state index contributed by atoms with van der Waals surface area (Å²) in [6, 6.07) is 12.5. The topological polar surface area (TPSA) is 38.3 Å². The van der Waals surface area contributed by atoms with Crippen LogP contribution in [0.3, 0.4) is 0 Å². The standard InChI is InChI=1S/C19H19Cl2NO2/c1-2-3-12-24-16-8-6-15(7-9-16)22-19(23)11-5-14-4-10-17(20)18(21)13-14/h4-11,13H,2-3,12H2,1H3,(H,22,23). The smallest absolute Gasteiger partial charge is 0.248 e. The van der Waals surface area contributed by atoms with Crippen molar-refractivity contribution in [3.05, 3.63) is 64.1 Å². The summed E-state index contributed by atoms with van der Waals surface area (Å²) in [5.74, 6) is 0.577. The molecule has 0 aromatic heterocycles. The molecule has 0 saturated carbocycles. The summed E-state index contributed by atoms with van der Waals surface area (Å²) in [4.78, 5) is 11.9. The van der Waals surface area contributed by atoms with Gasteiger partial charge in [-0.3, -0.25) is 4.79 Å². The van der Waals surface area contributed by atoms with Crippen molar-refractivity contribution < 1.29 is 9.53 Å². The number of nitrogens with one attached hydrogen (secondary N) is 1. The van der Waals surface area contributed by atoms with Gasteiger partial charge in [-0.25, -0.2) is 0 Å². The number of unbranched alkanes of at least 4 members (excludes halogenated alkanes) is 1. The van der Waals surface area contributed by atoms with Crippen molar-refractivity contribution in [2.45, 2.75) is 19.8 Å². The molecule has 0 atom stereocenters. The molecule has 0 heterocycles. The molecule has 0 fully saturated rings. The molecule has 126 valence electrons. The summed E-state index contributed by atoms with van der Waals surface area (Å²) in [7, 11) is 0. The van der Waals surface area contributed by atoms with Crippen LogP contribution >= 0.6 is 23.2 Å². The Labute approximate surface area is 152 Å². The van der Waals surface area contributed by atoms with Gasteiger partial charge in [0.15, 0.2) is 0 Å². The number of carbonyl (C=O) groups is 1. The maximum atomic E-state index is 11.9. The summed E-state index contributed by atoms with van der Waals surface area (Å²) < 4.78 is 5.58. The van der Waals surface area contributed by atoms with Gasteiger partial charge in [-0.05, 0) is 54.5 Å². The van der Waals surface area contributed by atoms with E-state index in [0.717, 1.165) is 24.2 Å². The van der Waals surface area contributed by atoms with Crippen LogP contribution in [0.25, 0.3) is 6.08 Å². The Morgan fingerprint density at radius 3 is 2.54 bits per heavy atom. The predicted molar refractivity (Wildman–Crippen MR) is 101 cm³/mol. The number of ether oxygens (including phenoxy) is 1. The first-order chi connectivity index (χ1) is 11.6. The molecule has 0 bridgehead atoms. The van der Waals surface area contributed by atoms with E-state index in [0.29, 0.717) is 22.3 Å². The van der Waals surface area contributed by atoms with E-state index in [4.69, 9.17) is 27.9 Å². The Hall–Kier alpha value is -1.97. The number of amides is 1. The van der Waals surface area contributed by atoms with Crippen LogP contribution in [0.5, 0.6) is 5.75 Å². The highest BCUT2D eigenvalue weighted by molar-refractivity contribution is 6.42. The van der Waals surface area contributed by atoms with Crippen LogP contribution in [-0.4, -0.2) is 12.5 Å². The molecule has 0 radical (unpaired) electrons. The molecule has 5 heteroatoms. The van der Waals surface area contributed by atoms with Crippen LogP contribution in [0, 0.1) is 0 Å². The molecular weight excluding hydrogens is 345 g/mol. The van der Waals surface area contributed by atoms with Crippen molar-refractivity contribution in [2.75, 3.05) is 11.9 Å². The van der Waals surface area contributed by atoms with E-state index in [-0.39, 0.29) is 5.91 Å². The van der Waals surface area contributed by atoms with Gasteiger partial charge in [0, 0.05) is 11.8 Å². The van der Waals surface area contributed by atoms with Crippen molar-refractivity contribution >= 4 is 40.9 Å². The fraction of sp³-hybridized carbons (Fsp3) is 0.211. The van der Waals surface area contributed by atoms with Crippen LogP contribution in [0.1, 0.15) is 25.3 Å². The predicted octanol–water partition coefficient (Wildman–Crippen LogP) is 5.82. The SMILES string of the molecule is CCCCOc1ccc(NC(=O)C=Cc2ccc(Cl)c(Cl)c2)cc1. The molecule has 24 heavy (non-hydrogen) atoms. The largest absolute Gasteiger partial charge is 0.494 e. The fourth-order valence-electron chi connectivity index (χ4n) is 1.94. The number of halogens is 2. The lowest BCUT2D eigenvalue weighted by molar-refractivity contribution is -0.111. The quantitative estimate of drug-likeness (QED) is 0.496. The molecule has 0 aliphatic rings. The molecule has 0 spiro atoms. The summed E-state index contributed by atoms with van der Waals surface area (Å²) in [5, 5.41) is 3.73. The summed E-state index contributed by atoms with van der Waals surface area (Å²) in [6.45, 7) is 2.82. The zero-order chi connectivity index (χ0) is 17.4. The van der Waals surface area contributed by atoms with E-state index in [1.165, 1.54) is 6.08 Å². The highest BCUT2D eigenvalue weighted by atomic mass is 35.5. The van der Waals surface area contributed by atoms with E-state index in [1.54, 1.807) is 24.3 Å². The van der Waals surface area contributed by atoms with E-state index in [9.17, 15) is 4.79 Å². The number of anilines is 1. The van der Waals surface area contributed by atoms with Crippen LogP contribution < -0.4 is 10.1 Å². The van der Waals surface area contributed by atoms with Gasteiger partial charge in [0.1, 0.15) is 5.75 Å². The van der Waals surface area contributed by atoms with Crippen molar-refractivity contribution in [1.82, 2.24) is 0 Å². The van der Waals surface area contributed by atoms with Gasteiger partial charge in [0.2, 0.25) is 5.91 Å². The van der Waals surface area contributed by atoms with Crippen molar-refractivity contribution in [3.8, 4) is 5.75 Å². The number of hydrogen-bond acceptors (Lipinski definition) is 2.